The summed E-state index contributed by atoms with van der Waals surface area (Å²) in [5, 5.41) is 16.7. The van der Waals surface area contributed by atoms with Crippen LogP contribution in [0.2, 0.25) is 0 Å². The lowest BCUT2D eigenvalue weighted by Gasteiger charge is -2.16. The van der Waals surface area contributed by atoms with Gasteiger partial charge < -0.3 is 9.64 Å². The lowest BCUT2D eigenvalue weighted by molar-refractivity contribution is 0.121. The molecule has 0 bridgehead atoms. The maximum Gasteiger partial charge on any atom is 0.169 e. The van der Waals surface area contributed by atoms with Gasteiger partial charge in [-0.2, -0.15) is 10.4 Å². The Morgan fingerprint density at radius 1 is 1.67 bits per heavy atom. The molecule has 78 valence electrons. The topological polar surface area (TPSA) is 62.0 Å². The predicted molar refractivity (Wildman–Crippen MR) is 54.4 cm³/mol. The molecule has 2 heterocycles. The number of anilines is 1. The number of methoxy groups -OCH3 is 1. The van der Waals surface area contributed by atoms with Crippen molar-refractivity contribution in [2.45, 2.75) is 12.5 Å². The fourth-order valence-electron chi connectivity index (χ4n) is 1.76. The maximum absolute atomic E-state index is 8.93. The number of hydrogen-bond donors (Lipinski definition) is 0. The quantitative estimate of drug-likeness (QED) is 0.705. The van der Waals surface area contributed by atoms with Gasteiger partial charge in [0.2, 0.25) is 0 Å². The van der Waals surface area contributed by atoms with Crippen LogP contribution in [0.15, 0.2) is 12.3 Å². The van der Waals surface area contributed by atoms with Crippen LogP contribution in [0.5, 0.6) is 0 Å². The maximum atomic E-state index is 8.93. The van der Waals surface area contributed by atoms with Gasteiger partial charge in [0.1, 0.15) is 6.07 Å². The van der Waals surface area contributed by atoms with Gasteiger partial charge in [0.05, 0.1) is 17.9 Å². The van der Waals surface area contributed by atoms with Crippen molar-refractivity contribution in [1.29, 1.82) is 5.26 Å². The van der Waals surface area contributed by atoms with Gasteiger partial charge in [-0.3, -0.25) is 0 Å². The first-order chi connectivity index (χ1) is 7.35. The zero-order valence-electron chi connectivity index (χ0n) is 8.55. The molecule has 5 nitrogen and oxygen atoms in total. The Labute approximate surface area is 88.3 Å². The summed E-state index contributed by atoms with van der Waals surface area (Å²) < 4.78 is 5.26. The molecule has 1 atom stereocenters. The summed E-state index contributed by atoms with van der Waals surface area (Å²) in [6, 6.07) is 3.80. The van der Waals surface area contributed by atoms with E-state index in [0.29, 0.717) is 11.4 Å². The second-order valence-corrected chi connectivity index (χ2v) is 3.47. The molecule has 0 aliphatic carbocycles. The predicted octanol–water partition coefficient (Wildman–Crippen LogP) is 0.573. The van der Waals surface area contributed by atoms with E-state index < -0.39 is 0 Å². The second kappa shape index (κ2) is 4.24. The van der Waals surface area contributed by atoms with Gasteiger partial charge in [0, 0.05) is 20.2 Å². The Morgan fingerprint density at radius 2 is 2.53 bits per heavy atom. The Kier molecular flexibility index (Phi) is 2.79. The zero-order valence-corrected chi connectivity index (χ0v) is 8.55. The number of rotatable bonds is 2. The molecule has 1 unspecified atom stereocenters. The number of aromatic nitrogens is 2. The monoisotopic (exact) mass is 204 g/mol. The van der Waals surface area contributed by atoms with Gasteiger partial charge in [0.25, 0.3) is 0 Å². The third kappa shape index (κ3) is 1.90. The molecule has 1 saturated heterocycles. The molecule has 0 aromatic carbocycles. The van der Waals surface area contributed by atoms with Crippen molar-refractivity contribution in [3.8, 4) is 6.07 Å². The third-order valence-corrected chi connectivity index (χ3v) is 2.60. The van der Waals surface area contributed by atoms with Gasteiger partial charge in [-0.25, -0.2) is 0 Å². The summed E-state index contributed by atoms with van der Waals surface area (Å²) in [6.07, 6.45) is 2.74. The molecule has 0 amide bonds. The minimum absolute atomic E-state index is 0.235. The Morgan fingerprint density at radius 3 is 3.20 bits per heavy atom. The Bertz CT molecular complexity index is 387. The van der Waals surface area contributed by atoms with Gasteiger partial charge in [-0.05, 0) is 12.5 Å². The number of nitrogens with zero attached hydrogens (tertiary/aromatic N) is 4. The largest absolute Gasteiger partial charge is 0.380 e. The summed E-state index contributed by atoms with van der Waals surface area (Å²) in [4.78, 5) is 2.04. The first-order valence-electron chi connectivity index (χ1n) is 4.84. The van der Waals surface area contributed by atoms with Crippen molar-refractivity contribution in [3.63, 3.8) is 0 Å². The van der Waals surface area contributed by atoms with Crippen LogP contribution < -0.4 is 4.90 Å². The average Bonchev–Trinajstić information content (AvgIpc) is 2.77. The third-order valence-electron chi connectivity index (χ3n) is 2.60. The smallest absolute Gasteiger partial charge is 0.169 e. The summed E-state index contributed by atoms with van der Waals surface area (Å²) >= 11 is 0. The van der Waals surface area contributed by atoms with Crippen molar-refractivity contribution >= 4 is 5.82 Å². The molecule has 1 aliphatic rings. The highest BCUT2D eigenvalue weighted by atomic mass is 16.5. The standard InChI is InChI=1S/C10H12N4O/c1-15-9-3-5-14(7-9)10-8(6-11)2-4-12-13-10/h2,4,9H,3,5,7H2,1H3. The molecule has 1 aromatic heterocycles. The number of ether oxygens (including phenoxy) is 1. The van der Waals surface area contributed by atoms with Crippen molar-refractivity contribution in [1.82, 2.24) is 10.2 Å². The molecule has 1 fully saturated rings. The molecule has 1 aromatic rings. The van der Waals surface area contributed by atoms with Crippen LogP contribution in [0, 0.1) is 11.3 Å². The van der Waals surface area contributed by atoms with E-state index in [9.17, 15) is 0 Å². The van der Waals surface area contributed by atoms with E-state index in [4.69, 9.17) is 10.00 Å². The van der Waals surface area contributed by atoms with Crippen LogP contribution >= 0.6 is 0 Å². The van der Waals surface area contributed by atoms with E-state index in [1.807, 2.05) is 4.90 Å². The van der Waals surface area contributed by atoms with Gasteiger partial charge in [-0.15, -0.1) is 5.10 Å². The highest BCUT2D eigenvalue weighted by Gasteiger charge is 2.24. The second-order valence-electron chi connectivity index (χ2n) is 3.47. The van der Waals surface area contributed by atoms with E-state index in [0.717, 1.165) is 19.5 Å². The molecule has 0 spiro atoms. The fraction of sp³-hybridized carbons (Fsp3) is 0.500. The molecule has 5 heteroatoms. The first kappa shape index (κ1) is 9.87. The van der Waals surface area contributed by atoms with Crippen LogP contribution in [0.4, 0.5) is 5.82 Å². The molecule has 0 radical (unpaired) electrons. The lowest BCUT2D eigenvalue weighted by Crippen LogP contribution is -2.24. The number of nitriles is 1. The molecular weight excluding hydrogens is 192 g/mol. The van der Waals surface area contributed by atoms with Gasteiger partial charge in [-0.1, -0.05) is 0 Å². The molecule has 1 aliphatic heterocycles. The fourth-order valence-corrected chi connectivity index (χ4v) is 1.76. The van der Waals surface area contributed by atoms with Crippen molar-refractivity contribution in [2.24, 2.45) is 0 Å². The van der Waals surface area contributed by atoms with Crippen LogP contribution in [-0.2, 0) is 4.74 Å². The Balaban J connectivity index is 2.20. The molecule has 2 rings (SSSR count). The van der Waals surface area contributed by atoms with Crippen molar-refractivity contribution in [2.75, 3.05) is 25.1 Å². The molecular formula is C10H12N4O. The SMILES string of the molecule is COC1CCN(c2nnccc2C#N)C1. The van der Waals surface area contributed by atoms with E-state index in [-0.39, 0.29) is 6.10 Å². The summed E-state index contributed by atoms with van der Waals surface area (Å²) in [5.41, 5.74) is 0.571. The van der Waals surface area contributed by atoms with Gasteiger partial charge in [0.15, 0.2) is 5.82 Å². The van der Waals surface area contributed by atoms with Crippen LogP contribution in [-0.4, -0.2) is 36.5 Å². The highest BCUT2D eigenvalue weighted by Crippen LogP contribution is 2.21. The molecule has 0 N–H and O–H groups in total. The minimum Gasteiger partial charge on any atom is -0.380 e. The summed E-state index contributed by atoms with van der Waals surface area (Å²) in [7, 11) is 1.70. The van der Waals surface area contributed by atoms with Crippen LogP contribution in [0.3, 0.4) is 0 Å². The highest BCUT2D eigenvalue weighted by molar-refractivity contribution is 5.53. The van der Waals surface area contributed by atoms with Gasteiger partial charge >= 0.3 is 0 Å². The minimum atomic E-state index is 0.235. The lowest BCUT2D eigenvalue weighted by atomic mass is 10.3. The molecule has 15 heavy (non-hydrogen) atoms. The van der Waals surface area contributed by atoms with Crippen molar-refractivity contribution in [3.05, 3.63) is 17.8 Å². The first-order valence-corrected chi connectivity index (χ1v) is 4.84. The number of hydrogen-bond acceptors (Lipinski definition) is 5. The van der Waals surface area contributed by atoms with E-state index in [2.05, 4.69) is 16.3 Å². The molecule has 0 saturated carbocycles. The average molecular weight is 204 g/mol. The van der Waals surface area contributed by atoms with Crippen LogP contribution in [0.1, 0.15) is 12.0 Å². The zero-order chi connectivity index (χ0) is 10.7. The van der Waals surface area contributed by atoms with E-state index in [1.54, 1.807) is 13.2 Å². The van der Waals surface area contributed by atoms with E-state index >= 15 is 0 Å². The van der Waals surface area contributed by atoms with Crippen molar-refractivity contribution < 1.29 is 4.74 Å². The Hall–Kier alpha value is -1.67. The summed E-state index contributed by atoms with van der Waals surface area (Å²) in [5.74, 6) is 0.666. The van der Waals surface area contributed by atoms with Crippen LogP contribution in [0.25, 0.3) is 0 Å². The normalized spacial score (nSPS) is 20.3. The van der Waals surface area contributed by atoms with E-state index in [1.165, 1.54) is 6.20 Å². The summed E-state index contributed by atoms with van der Waals surface area (Å²) in [6.45, 7) is 1.65.